The first kappa shape index (κ1) is 29.8. The summed E-state index contributed by atoms with van der Waals surface area (Å²) in [6.45, 7) is 3.13. The van der Waals surface area contributed by atoms with Crippen molar-refractivity contribution >= 4 is 32.8 Å². The quantitative estimate of drug-likeness (QED) is 0.185. The summed E-state index contributed by atoms with van der Waals surface area (Å²) >= 11 is 0. The van der Waals surface area contributed by atoms with Gasteiger partial charge in [0.05, 0.1) is 10.4 Å². The van der Waals surface area contributed by atoms with Gasteiger partial charge in [-0.15, -0.1) is 0 Å². The number of nitrogens with zero attached hydrogens (tertiary/aromatic N) is 2. The van der Waals surface area contributed by atoms with Gasteiger partial charge in [0.1, 0.15) is 17.8 Å². The van der Waals surface area contributed by atoms with Crippen molar-refractivity contribution in [3.63, 3.8) is 0 Å². The normalized spacial score (nSPS) is 18.5. The Bertz CT molecular complexity index is 2000. The molecule has 1 amide bonds. The first-order valence-corrected chi connectivity index (χ1v) is 17.0. The van der Waals surface area contributed by atoms with Crippen LogP contribution in [0.5, 0.6) is 5.75 Å². The fourth-order valence-electron chi connectivity index (χ4n) is 6.51. The molecular weight excluding hydrogens is 600 g/mol. The number of hydrogen-bond donors (Lipinski definition) is 0. The molecule has 0 unspecified atom stereocenters. The van der Waals surface area contributed by atoms with Crippen LogP contribution < -0.4 is 4.74 Å². The Morgan fingerprint density at radius 1 is 0.826 bits per heavy atom. The molecule has 1 saturated heterocycles. The number of carbonyl (C=O) groups is 2. The van der Waals surface area contributed by atoms with Crippen LogP contribution in [0.3, 0.4) is 0 Å². The maximum atomic E-state index is 14.5. The van der Waals surface area contributed by atoms with Gasteiger partial charge in [0.15, 0.2) is 0 Å². The standard InChI is InChI=1S/C37H34N2O6S/c1-25-15-17-28(18-16-25)46(42,43)39-24-21-29-30(39)19-20-31-32(29)33(34(44-31)26-11-5-2-6-12-26)37(41)45-35(27-13-7-3-8-14-27)36(40)38-22-9-4-10-23-38/h2-3,5-8,11-21,24,33-35H,4,9-10,22-23H2,1H3/t33-,34+,35-/m1/s1. The first-order chi connectivity index (χ1) is 22.3. The molecule has 0 spiro atoms. The van der Waals surface area contributed by atoms with Gasteiger partial charge in [-0.25, -0.2) is 12.4 Å². The molecule has 8 nitrogen and oxygen atoms in total. The zero-order valence-corrected chi connectivity index (χ0v) is 26.2. The van der Waals surface area contributed by atoms with Crippen molar-refractivity contribution in [3.05, 3.63) is 132 Å². The Hall–Kier alpha value is -4.89. The highest BCUT2D eigenvalue weighted by Crippen LogP contribution is 2.50. The minimum atomic E-state index is -3.93. The number of aryl methyl sites for hydroxylation is 1. The predicted molar refractivity (Wildman–Crippen MR) is 174 cm³/mol. The van der Waals surface area contributed by atoms with E-state index in [0.717, 1.165) is 30.4 Å². The summed E-state index contributed by atoms with van der Waals surface area (Å²) in [6, 6.07) is 30.3. The molecule has 3 heterocycles. The summed E-state index contributed by atoms with van der Waals surface area (Å²) in [4.78, 5) is 30.3. The Morgan fingerprint density at radius 2 is 1.50 bits per heavy atom. The van der Waals surface area contributed by atoms with Crippen LogP contribution in [-0.2, 0) is 24.3 Å². The Morgan fingerprint density at radius 3 is 2.20 bits per heavy atom. The van der Waals surface area contributed by atoms with Crippen LogP contribution in [0, 0.1) is 6.92 Å². The van der Waals surface area contributed by atoms with E-state index < -0.39 is 34.1 Å². The van der Waals surface area contributed by atoms with Gasteiger partial charge in [0, 0.05) is 35.8 Å². The number of piperidine rings is 1. The van der Waals surface area contributed by atoms with Crippen LogP contribution in [0.4, 0.5) is 0 Å². The second-order valence-corrected chi connectivity index (χ2v) is 13.7. The van der Waals surface area contributed by atoms with Crippen LogP contribution in [-0.4, -0.2) is 42.3 Å². The molecule has 3 atom stereocenters. The Kier molecular flexibility index (Phi) is 7.86. The van der Waals surface area contributed by atoms with E-state index in [9.17, 15) is 18.0 Å². The number of amides is 1. The molecule has 1 fully saturated rings. The lowest BCUT2D eigenvalue weighted by Crippen LogP contribution is -2.40. The van der Waals surface area contributed by atoms with E-state index in [1.807, 2.05) is 55.5 Å². The highest BCUT2D eigenvalue weighted by Gasteiger charge is 2.45. The van der Waals surface area contributed by atoms with Crippen molar-refractivity contribution in [1.82, 2.24) is 8.87 Å². The molecule has 9 heteroatoms. The number of esters is 1. The smallest absolute Gasteiger partial charge is 0.318 e. The molecular formula is C37H34N2O6S. The molecule has 0 bridgehead atoms. The molecule has 234 valence electrons. The predicted octanol–water partition coefficient (Wildman–Crippen LogP) is 6.70. The van der Waals surface area contributed by atoms with Gasteiger partial charge >= 0.3 is 5.97 Å². The third kappa shape index (κ3) is 5.34. The van der Waals surface area contributed by atoms with E-state index in [0.29, 0.717) is 40.9 Å². The molecule has 2 aliphatic heterocycles. The zero-order valence-electron chi connectivity index (χ0n) is 25.4. The van der Waals surface area contributed by atoms with Crippen molar-refractivity contribution < 1.29 is 27.5 Å². The molecule has 4 aromatic carbocycles. The maximum Gasteiger partial charge on any atom is 0.318 e. The average molecular weight is 635 g/mol. The SMILES string of the molecule is Cc1ccc(S(=O)(=O)n2ccc3c4c(ccc32)O[C@@H](c2ccccc2)[C@@H]4C(=O)O[C@@H](C(=O)N2CCCCC2)c2ccccc2)cc1. The van der Waals surface area contributed by atoms with Crippen molar-refractivity contribution in [3.8, 4) is 5.75 Å². The molecule has 0 radical (unpaired) electrons. The van der Waals surface area contributed by atoms with Gasteiger partial charge in [-0.05, 0) is 62.1 Å². The first-order valence-electron chi connectivity index (χ1n) is 15.5. The molecule has 0 N–H and O–H groups in total. The lowest BCUT2D eigenvalue weighted by atomic mass is 9.89. The van der Waals surface area contributed by atoms with E-state index in [-0.39, 0.29) is 10.8 Å². The van der Waals surface area contributed by atoms with E-state index in [4.69, 9.17) is 9.47 Å². The van der Waals surface area contributed by atoms with Gasteiger partial charge in [0.2, 0.25) is 6.10 Å². The number of rotatable bonds is 7. The number of benzene rings is 4. The topological polar surface area (TPSA) is 94.9 Å². The summed E-state index contributed by atoms with van der Waals surface area (Å²) in [5, 5.41) is 0.562. The second-order valence-electron chi connectivity index (χ2n) is 11.9. The Labute approximate surface area is 268 Å². The maximum absolute atomic E-state index is 14.5. The number of ether oxygens (including phenoxy) is 2. The summed E-state index contributed by atoms with van der Waals surface area (Å²) in [5.74, 6) is -1.36. The summed E-state index contributed by atoms with van der Waals surface area (Å²) in [5.41, 5.74) is 3.26. The van der Waals surface area contributed by atoms with Crippen LogP contribution >= 0.6 is 0 Å². The van der Waals surface area contributed by atoms with Gasteiger partial charge in [-0.3, -0.25) is 9.59 Å². The largest absolute Gasteiger partial charge is 0.484 e. The monoisotopic (exact) mass is 634 g/mol. The van der Waals surface area contributed by atoms with Crippen LogP contribution in [0.1, 0.15) is 59.6 Å². The third-order valence-corrected chi connectivity index (χ3v) is 10.6. The van der Waals surface area contributed by atoms with Crippen LogP contribution in [0.25, 0.3) is 10.9 Å². The van der Waals surface area contributed by atoms with Crippen molar-refractivity contribution in [2.24, 2.45) is 0 Å². The number of likely N-dealkylation sites (tertiary alicyclic amines) is 1. The number of fused-ring (bicyclic) bond motifs is 3. The van der Waals surface area contributed by atoms with Crippen molar-refractivity contribution in [1.29, 1.82) is 0 Å². The van der Waals surface area contributed by atoms with E-state index in [1.54, 1.807) is 59.5 Å². The zero-order chi connectivity index (χ0) is 31.8. The molecule has 46 heavy (non-hydrogen) atoms. The molecule has 0 saturated carbocycles. The second kappa shape index (κ2) is 12.1. The molecule has 1 aromatic heterocycles. The van der Waals surface area contributed by atoms with Crippen molar-refractivity contribution in [2.75, 3.05) is 13.1 Å². The lowest BCUT2D eigenvalue weighted by Gasteiger charge is -2.31. The summed E-state index contributed by atoms with van der Waals surface area (Å²) in [6.07, 6.45) is 2.50. The number of carbonyl (C=O) groups excluding carboxylic acids is 2. The number of aromatic nitrogens is 1. The number of hydrogen-bond acceptors (Lipinski definition) is 6. The van der Waals surface area contributed by atoms with E-state index in [2.05, 4.69) is 0 Å². The minimum Gasteiger partial charge on any atom is -0.484 e. The van der Waals surface area contributed by atoms with Gasteiger partial charge < -0.3 is 14.4 Å². The Balaban J connectivity index is 1.32. The molecule has 0 aliphatic carbocycles. The third-order valence-electron chi connectivity index (χ3n) is 8.89. The molecule has 5 aromatic rings. The minimum absolute atomic E-state index is 0.160. The van der Waals surface area contributed by atoms with Gasteiger partial charge in [-0.1, -0.05) is 78.4 Å². The van der Waals surface area contributed by atoms with E-state index >= 15 is 0 Å². The van der Waals surface area contributed by atoms with E-state index in [1.165, 1.54) is 10.2 Å². The lowest BCUT2D eigenvalue weighted by molar-refractivity contribution is -0.163. The highest BCUT2D eigenvalue weighted by atomic mass is 32.2. The fraction of sp³-hybridized carbons (Fsp3) is 0.243. The summed E-state index contributed by atoms with van der Waals surface area (Å²) in [7, 11) is -3.93. The molecule has 2 aliphatic rings. The highest BCUT2D eigenvalue weighted by molar-refractivity contribution is 7.90. The fourth-order valence-corrected chi connectivity index (χ4v) is 7.86. The van der Waals surface area contributed by atoms with Gasteiger partial charge in [0.25, 0.3) is 15.9 Å². The summed E-state index contributed by atoms with van der Waals surface area (Å²) < 4.78 is 41.4. The van der Waals surface area contributed by atoms with Crippen molar-refractivity contribution in [2.45, 2.75) is 49.2 Å². The molecule has 7 rings (SSSR count). The van der Waals surface area contributed by atoms with Gasteiger partial charge in [-0.2, -0.15) is 0 Å². The van der Waals surface area contributed by atoms with Crippen LogP contribution in [0.15, 0.2) is 114 Å². The average Bonchev–Trinajstić information content (AvgIpc) is 3.71. The van der Waals surface area contributed by atoms with Crippen LogP contribution in [0.2, 0.25) is 0 Å².